The summed E-state index contributed by atoms with van der Waals surface area (Å²) in [7, 11) is 0. The number of likely N-dealkylation sites (tertiary alicyclic amines) is 1. The van der Waals surface area contributed by atoms with Gasteiger partial charge in [-0.25, -0.2) is 9.59 Å². The van der Waals surface area contributed by atoms with E-state index < -0.39 is 41.0 Å². The number of carbonyl (C=O) groups is 2. The van der Waals surface area contributed by atoms with Crippen molar-refractivity contribution in [2.45, 2.75) is 44.8 Å². The molecule has 0 aliphatic carbocycles. The minimum absolute atomic E-state index is 0.00246. The number of hydrogen-bond donors (Lipinski definition) is 4. The fraction of sp³-hybridized carbons (Fsp3) is 0.317. The van der Waals surface area contributed by atoms with Crippen LogP contribution in [0.4, 0.5) is 26.3 Å². The fourth-order valence-electron chi connectivity index (χ4n) is 7.09. The van der Waals surface area contributed by atoms with E-state index in [0.29, 0.717) is 42.8 Å². The van der Waals surface area contributed by atoms with Crippen LogP contribution in [0.15, 0.2) is 106 Å². The number of hydrogen-bond acceptors (Lipinski definition) is 7. The van der Waals surface area contributed by atoms with Gasteiger partial charge in [-0.05, 0) is 47.7 Å². The summed E-state index contributed by atoms with van der Waals surface area (Å²) in [4.78, 5) is 21.4. The molecular weight excluding hydrogens is 746 g/mol. The maximum absolute atomic E-state index is 13.3. The number of nitrogens with one attached hydrogen (secondary N) is 1. The van der Waals surface area contributed by atoms with Crippen LogP contribution in [-0.2, 0) is 34.1 Å². The lowest BCUT2D eigenvalue weighted by atomic mass is 9.76. The average molecular weight is 787 g/mol. The number of furan rings is 2. The van der Waals surface area contributed by atoms with Crippen molar-refractivity contribution >= 4 is 39.5 Å². The summed E-state index contributed by atoms with van der Waals surface area (Å²) in [5, 5.41) is 30.4. The minimum Gasteiger partial charge on any atom is -0.478 e. The van der Waals surface area contributed by atoms with E-state index in [4.69, 9.17) is 19.0 Å². The normalized spacial score (nSPS) is 20.6. The molecule has 4 N–H and O–H groups in total. The Morgan fingerprint density at radius 1 is 0.839 bits per heavy atom. The Kier molecular flexibility index (Phi) is 12.8. The predicted octanol–water partition coefficient (Wildman–Crippen LogP) is 8.97. The maximum atomic E-state index is 13.3. The predicted molar refractivity (Wildman–Crippen MR) is 196 cm³/mol. The Bertz CT molecular complexity index is 2190. The number of nitrogens with zero attached hydrogens (tertiary/aromatic N) is 1. The molecule has 0 spiro atoms. The third-order valence-corrected chi connectivity index (χ3v) is 9.84. The van der Waals surface area contributed by atoms with Gasteiger partial charge >= 0.3 is 24.3 Å². The van der Waals surface area contributed by atoms with Crippen LogP contribution >= 0.6 is 0 Å². The summed E-state index contributed by atoms with van der Waals surface area (Å²) in [5.74, 6) is -2.43. The lowest BCUT2D eigenvalue weighted by Gasteiger charge is -2.43. The highest BCUT2D eigenvalue weighted by Crippen LogP contribution is 2.44. The summed E-state index contributed by atoms with van der Waals surface area (Å²) in [5.41, 5.74) is 1.26. The summed E-state index contributed by atoms with van der Waals surface area (Å²) in [6.07, 6.45) is -2.70. The van der Waals surface area contributed by atoms with Crippen LogP contribution in [0.5, 0.6) is 0 Å². The van der Waals surface area contributed by atoms with Crippen LogP contribution in [-0.4, -0.2) is 58.3 Å². The molecule has 5 aromatic rings. The minimum atomic E-state index is -4.46. The molecule has 0 amide bonds. The van der Waals surface area contributed by atoms with Crippen LogP contribution in [0.3, 0.4) is 0 Å². The zero-order chi connectivity index (χ0) is 40.8. The molecule has 2 aliphatic heterocycles. The van der Waals surface area contributed by atoms with Gasteiger partial charge in [0.15, 0.2) is 0 Å². The van der Waals surface area contributed by atoms with Crippen LogP contribution in [0.2, 0.25) is 0 Å². The third-order valence-electron chi connectivity index (χ3n) is 9.84. The van der Waals surface area contributed by atoms with Crippen LogP contribution < -0.4 is 5.32 Å². The van der Waals surface area contributed by atoms with E-state index in [-0.39, 0.29) is 28.2 Å². The number of halogens is 6. The quantitative estimate of drug-likeness (QED) is 0.0983. The van der Waals surface area contributed by atoms with Crippen molar-refractivity contribution < 1.29 is 60.1 Å². The second-order valence-corrected chi connectivity index (χ2v) is 13.7. The maximum Gasteiger partial charge on any atom is 0.417 e. The van der Waals surface area contributed by atoms with Gasteiger partial charge in [0.1, 0.15) is 11.2 Å². The summed E-state index contributed by atoms with van der Waals surface area (Å²) < 4.78 is 89.5. The van der Waals surface area contributed by atoms with Gasteiger partial charge in [0.05, 0.1) is 29.3 Å². The van der Waals surface area contributed by atoms with Crippen molar-refractivity contribution in [3.05, 3.63) is 125 Å². The van der Waals surface area contributed by atoms with E-state index in [1.54, 1.807) is 0 Å². The van der Waals surface area contributed by atoms with E-state index in [2.05, 4.69) is 22.3 Å². The number of carboxylic acids is 2. The topological polar surface area (TPSA) is 136 Å². The molecule has 4 heterocycles. The van der Waals surface area contributed by atoms with E-state index in [1.165, 1.54) is 42.4 Å². The summed E-state index contributed by atoms with van der Waals surface area (Å²) in [6.45, 7) is 7.60. The Hall–Kier alpha value is -5.38. The molecule has 2 aliphatic rings. The zero-order valence-corrected chi connectivity index (χ0v) is 30.3. The Morgan fingerprint density at radius 2 is 1.41 bits per heavy atom. The van der Waals surface area contributed by atoms with E-state index in [9.17, 15) is 41.0 Å². The molecule has 0 radical (unpaired) electrons. The average Bonchev–Trinajstić information content (AvgIpc) is 3.83. The number of fused-ring (bicyclic) bond motifs is 2. The lowest BCUT2D eigenvalue weighted by Crippen LogP contribution is -2.48. The highest BCUT2D eigenvalue weighted by atomic mass is 19.4. The fourth-order valence-corrected chi connectivity index (χ4v) is 7.09. The number of rotatable bonds is 6. The van der Waals surface area contributed by atoms with E-state index in [0.717, 1.165) is 42.9 Å². The molecular formula is C41H40F6N2O7. The first kappa shape index (κ1) is 41.8. The number of aliphatic hydroxyl groups is 1. The molecule has 0 saturated carbocycles. The van der Waals surface area contributed by atoms with Gasteiger partial charge in [-0.3, -0.25) is 4.90 Å². The Labute approximate surface area is 317 Å². The van der Waals surface area contributed by atoms with Crippen molar-refractivity contribution in [2.75, 3.05) is 26.2 Å². The summed E-state index contributed by atoms with van der Waals surface area (Å²) in [6, 6.07) is 17.9. The second kappa shape index (κ2) is 17.2. The van der Waals surface area contributed by atoms with Crippen molar-refractivity contribution in [2.24, 2.45) is 11.8 Å². The molecule has 1 fully saturated rings. The van der Waals surface area contributed by atoms with Crippen molar-refractivity contribution in [3.8, 4) is 0 Å². The smallest absolute Gasteiger partial charge is 0.417 e. The van der Waals surface area contributed by atoms with Crippen LogP contribution in [0.25, 0.3) is 27.5 Å². The van der Waals surface area contributed by atoms with Gasteiger partial charge in [-0.2, -0.15) is 26.3 Å². The number of piperidine rings is 1. The zero-order valence-electron chi connectivity index (χ0n) is 30.3. The first-order chi connectivity index (χ1) is 26.4. The van der Waals surface area contributed by atoms with Gasteiger partial charge in [-0.15, -0.1) is 0 Å². The molecule has 0 bridgehead atoms. The van der Waals surface area contributed by atoms with E-state index >= 15 is 0 Å². The molecule has 1 saturated heterocycles. The molecule has 15 heteroatoms. The number of alkyl halides is 6. The highest BCUT2D eigenvalue weighted by molar-refractivity contribution is 5.93. The number of carboxylic acid groups (broad SMARTS) is 2. The van der Waals surface area contributed by atoms with Gasteiger partial charge < -0.3 is 29.5 Å². The van der Waals surface area contributed by atoms with Crippen LogP contribution in [0.1, 0.15) is 48.1 Å². The third kappa shape index (κ3) is 9.70. The Balaban J connectivity index is 0.000000186. The molecule has 7 rings (SSSR count). The molecule has 9 nitrogen and oxygen atoms in total. The molecule has 3 unspecified atom stereocenters. The van der Waals surface area contributed by atoms with Gasteiger partial charge in [0.25, 0.3) is 0 Å². The molecule has 3 atom stereocenters. The largest absolute Gasteiger partial charge is 0.478 e. The van der Waals surface area contributed by atoms with E-state index in [1.807, 2.05) is 38.1 Å². The first-order valence-corrected chi connectivity index (χ1v) is 17.6. The van der Waals surface area contributed by atoms with Crippen molar-refractivity contribution in [1.29, 1.82) is 0 Å². The molecule has 3 aromatic carbocycles. The summed E-state index contributed by atoms with van der Waals surface area (Å²) >= 11 is 0. The number of benzene rings is 3. The lowest BCUT2D eigenvalue weighted by molar-refractivity contribution is -0.137. The molecule has 56 heavy (non-hydrogen) atoms. The molecule has 298 valence electrons. The SMILES string of the molecule is CC1CN(Cc2ccccc2)CCC1(O)c1ccc(C(F)(F)F)c2ccoc12.CC1CNCC=C1c1ccc(C(F)(F)F)c2ccoc12.O=C(O)C=CC(=O)O. The van der Waals surface area contributed by atoms with Gasteiger partial charge in [0.2, 0.25) is 0 Å². The van der Waals surface area contributed by atoms with Crippen LogP contribution in [0, 0.1) is 11.8 Å². The second-order valence-electron chi connectivity index (χ2n) is 13.7. The monoisotopic (exact) mass is 786 g/mol. The molecule has 2 aromatic heterocycles. The van der Waals surface area contributed by atoms with Crippen molar-refractivity contribution in [3.63, 3.8) is 0 Å². The van der Waals surface area contributed by atoms with Gasteiger partial charge in [0, 0.05) is 72.7 Å². The first-order valence-electron chi connectivity index (χ1n) is 17.6. The van der Waals surface area contributed by atoms with Gasteiger partial charge in [-0.1, -0.05) is 62.4 Å². The highest BCUT2D eigenvalue weighted by Gasteiger charge is 2.43. The van der Waals surface area contributed by atoms with Crippen molar-refractivity contribution in [1.82, 2.24) is 10.2 Å². The Morgan fingerprint density at radius 3 is 1.96 bits per heavy atom. The standard InChI is InChI=1S/C22H22F3NO2.C15H14F3NO.C4H4O4/c1-15-13-26(14-16-5-3-2-4-6-16)11-10-21(15,27)19-8-7-18(22(23,24)25)17-9-12-28-20(17)19;1-9-8-19-6-4-10(9)11-2-3-13(15(16,17)18)12-5-7-20-14(11)12;5-3(6)1-2-4(7)8/h2-9,12,15,27H,10-11,13-14H2,1H3;2-5,7,9,19H,6,8H2,1H3;1-2H,(H,5,6)(H,7,8). The number of aliphatic carboxylic acids is 2.